The molecule has 0 bridgehead atoms. The summed E-state index contributed by atoms with van der Waals surface area (Å²) in [6.45, 7) is 1.84. The Labute approximate surface area is 202 Å². The van der Waals surface area contributed by atoms with Crippen molar-refractivity contribution in [3.05, 3.63) is 65.7 Å². The molecule has 2 amide bonds. The van der Waals surface area contributed by atoms with Gasteiger partial charge in [0.15, 0.2) is 5.82 Å². The van der Waals surface area contributed by atoms with E-state index >= 15 is 0 Å². The molecule has 0 spiro atoms. The second kappa shape index (κ2) is 10.0. The number of carbonyl (C=O) groups excluding carboxylic acids is 1. The van der Waals surface area contributed by atoms with Gasteiger partial charge in [-0.3, -0.25) is 0 Å². The number of benzene rings is 1. The third-order valence-electron chi connectivity index (χ3n) is 5.22. The topological polar surface area (TPSA) is 122 Å². The number of aromatic nitrogens is 5. The fraction of sp³-hybridized carbons (Fsp3) is 0.227. The molecule has 36 heavy (non-hydrogen) atoms. The molecule has 0 saturated heterocycles. The maximum absolute atomic E-state index is 13.6. The van der Waals surface area contributed by atoms with E-state index in [9.17, 15) is 22.4 Å². The van der Waals surface area contributed by atoms with Crippen molar-refractivity contribution in [2.24, 2.45) is 0 Å². The van der Waals surface area contributed by atoms with Crippen molar-refractivity contribution in [1.29, 1.82) is 0 Å². The molecule has 4 N–H and O–H groups in total. The second-order valence-electron chi connectivity index (χ2n) is 7.73. The van der Waals surface area contributed by atoms with Crippen LogP contribution in [0.15, 0.2) is 60.1 Å². The zero-order valence-electron chi connectivity index (χ0n) is 19.1. The lowest BCUT2D eigenvalue weighted by Gasteiger charge is -2.19. The van der Waals surface area contributed by atoms with Gasteiger partial charge in [0, 0.05) is 36.6 Å². The smallest absolute Gasteiger partial charge is 0.373 e. The summed E-state index contributed by atoms with van der Waals surface area (Å²) >= 11 is 0. The number of halogens is 4. The van der Waals surface area contributed by atoms with Crippen LogP contribution in [-0.2, 0) is 0 Å². The highest BCUT2D eigenvalue weighted by atomic mass is 19.4. The lowest BCUT2D eigenvalue weighted by molar-refractivity contribution is -0.0905. The first kappa shape index (κ1) is 24.6. The van der Waals surface area contributed by atoms with E-state index in [1.807, 2.05) is 6.92 Å². The summed E-state index contributed by atoms with van der Waals surface area (Å²) < 4.78 is 53.9. The molecule has 1 aliphatic carbocycles. The molecule has 1 aromatic carbocycles. The minimum absolute atomic E-state index is 0.0365. The van der Waals surface area contributed by atoms with Crippen LogP contribution < -0.4 is 21.3 Å². The van der Waals surface area contributed by atoms with Crippen LogP contribution in [0.3, 0.4) is 0 Å². The first-order valence-corrected chi connectivity index (χ1v) is 10.7. The largest absolute Gasteiger partial charge is 0.418 e. The van der Waals surface area contributed by atoms with Gasteiger partial charge in [0.05, 0.1) is 5.57 Å². The average Bonchev–Trinajstić information content (AvgIpc) is 3.30. The van der Waals surface area contributed by atoms with Crippen LogP contribution >= 0.6 is 0 Å². The van der Waals surface area contributed by atoms with Gasteiger partial charge in [-0.2, -0.15) is 27.9 Å². The van der Waals surface area contributed by atoms with Crippen molar-refractivity contribution in [2.45, 2.75) is 25.9 Å². The quantitative estimate of drug-likeness (QED) is 0.359. The summed E-state index contributed by atoms with van der Waals surface area (Å²) in [6.07, 6.45) is -2.01. The molecular weight excluding hydrogens is 482 g/mol. The lowest BCUT2D eigenvalue weighted by Crippen LogP contribution is -2.30. The molecule has 4 rings (SSSR count). The first-order chi connectivity index (χ1) is 17.1. The van der Waals surface area contributed by atoms with E-state index in [1.165, 1.54) is 17.3 Å². The summed E-state index contributed by atoms with van der Waals surface area (Å²) in [5.74, 6) is 0.148. The lowest BCUT2D eigenvalue weighted by atomic mass is 10.0. The maximum atomic E-state index is 13.6. The number of rotatable bonds is 6. The summed E-state index contributed by atoms with van der Waals surface area (Å²) in [7, 11) is 1.72. The normalized spacial score (nSPS) is 13.8. The van der Waals surface area contributed by atoms with Crippen LogP contribution in [0.5, 0.6) is 0 Å². The van der Waals surface area contributed by atoms with Crippen LogP contribution in [0.4, 0.5) is 45.5 Å². The third-order valence-corrected chi connectivity index (χ3v) is 5.22. The van der Waals surface area contributed by atoms with Gasteiger partial charge in [-0.1, -0.05) is 6.07 Å². The van der Waals surface area contributed by atoms with Crippen molar-refractivity contribution in [1.82, 2.24) is 30.0 Å². The molecule has 2 heterocycles. The van der Waals surface area contributed by atoms with Gasteiger partial charge in [0.1, 0.15) is 24.3 Å². The van der Waals surface area contributed by atoms with Gasteiger partial charge >= 0.3 is 12.2 Å². The highest BCUT2D eigenvalue weighted by molar-refractivity contribution is 5.91. The van der Waals surface area contributed by atoms with E-state index in [1.54, 1.807) is 31.3 Å². The van der Waals surface area contributed by atoms with Crippen molar-refractivity contribution in [3.63, 3.8) is 0 Å². The third kappa shape index (κ3) is 5.59. The predicted molar refractivity (Wildman–Crippen MR) is 125 cm³/mol. The zero-order valence-corrected chi connectivity index (χ0v) is 19.1. The molecule has 0 aliphatic heterocycles. The number of urea groups is 1. The van der Waals surface area contributed by atoms with Gasteiger partial charge in [0.25, 0.3) is 0 Å². The van der Waals surface area contributed by atoms with E-state index in [-0.39, 0.29) is 12.1 Å². The Kier molecular flexibility index (Phi) is 6.85. The molecule has 14 heteroatoms. The molecule has 0 unspecified atom stereocenters. The Balaban J connectivity index is 1.48. The van der Waals surface area contributed by atoms with Crippen LogP contribution in [-0.4, -0.2) is 44.0 Å². The Morgan fingerprint density at radius 1 is 1.06 bits per heavy atom. The van der Waals surface area contributed by atoms with Crippen LogP contribution in [0.2, 0.25) is 0 Å². The second-order valence-corrected chi connectivity index (χ2v) is 7.73. The highest BCUT2D eigenvalue weighted by Crippen LogP contribution is 2.35. The molecule has 188 valence electrons. The van der Waals surface area contributed by atoms with Crippen molar-refractivity contribution in [2.75, 3.05) is 23.0 Å². The standard InChI is InChI=1S/C22H21F4N9O/c1-12-3-4-14(33-21(36)32-13-5-6-16(23)15(7-13)22(24,25)26)8-17(12)34-20-30-11-31-35(20)19-9-18(27-2)28-10-29-19/h3-4,7-11H,5-6H2,1-2H3,(H,27,28,29)(H,30,31,34)(H2,32,33,36). The Bertz CT molecular complexity index is 1350. The number of hydrogen-bond acceptors (Lipinski definition) is 7. The fourth-order valence-electron chi connectivity index (χ4n) is 3.40. The first-order valence-electron chi connectivity index (χ1n) is 10.7. The molecule has 0 fully saturated rings. The van der Waals surface area contributed by atoms with Crippen LogP contribution in [0.1, 0.15) is 18.4 Å². The monoisotopic (exact) mass is 503 g/mol. The van der Waals surface area contributed by atoms with Crippen LogP contribution in [0, 0.1) is 6.92 Å². The fourth-order valence-corrected chi connectivity index (χ4v) is 3.40. The SMILES string of the molecule is CNc1cc(-n2ncnc2Nc2cc(NC(=O)NC3=CC(C(F)(F)F)=C(F)CC3)ccc2C)ncn1. The Morgan fingerprint density at radius 2 is 1.86 bits per heavy atom. The number of anilines is 4. The van der Waals surface area contributed by atoms with Crippen molar-refractivity contribution < 1.29 is 22.4 Å². The summed E-state index contributed by atoms with van der Waals surface area (Å²) in [4.78, 5) is 24.9. The van der Waals surface area contributed by atoms with Gasteiger partial charge in [-0.25, -0.2) is 19.2 Å². The van der Waals surface area contributed by atoms with Gasteiger partial charge in [0.2, 0.25) is 5.95 Å². The number of amides is 2. The van der Waals surface area contributed by atoms with Gasteiger partial charge in [-0.15, -0.1) is 0 Å². The van der Waals surface area contributed by atoms with Crippen molar-refractivity contribution >= 4 is 29.2 Å². The number of alkyl halides is 3. The van der Waals surface area contributed by atoms with E-state index in [0.29, 0.717) is 35.0 Å². The summed E-state index contributed by atoms with van der Waals surface area (Å²) in [5.41, 5.74) is 0.345. The number of allylic oxidation sites excluding steroid dienone is 4. The van der Waals surface area contributed by atoms with E-state index in [2.05, 4.69) is 41.3 Å². The van der Waals surface area contributed by atoms with Crippen molar-refractivity contribution in [3.8, 4) is 5.82 Å². The minimum atomic E-state index is -4.84. The average molecular weight is 503 g/mol. The molecule has 1 aliphatic rings. The number of nitrogens with one attached hydrogen (secondary N) is 4. The van der Waals surface area contributed by atoms with E-state index < -0.39 is 30.0 Å². The van der Waals surface area contributed by atoms with Gasteiger partial charge < -0.3 is 21.3 Å². The zero-order chi connectivity index (χ0) is 25.9. The van der Waals surface area contributed by atoms with E-state index in [0.717, 1.165) is 5.56 Å². The van der Waals surface area contributed by atoms with E-state index in [4.69, 9.17) is 0 Å². The molecular formula is C22H21F4N9O. The molecule has 0 radical (unpaired) electrons. The number of hydrogen-bond donors (Lipinski definition) is 4. The molecule has 3 aromatic rings. The number of nitrogens with zero attached hydrogens (tertiary/aromatic N) is 5. The van der Waals surface area contributed by atoms with Crippen LogP contribution in [0.25, 0.3) is 5.82 Å². The molecule has 2 aromatic heterocycles. The molecule has 0 atom stereocenters. The minimum Gasteiger partial charge on any atom is -0.373 e. The molecule has 10 nitrogen and oxygen atoms in total. The molecule has 0 saturated carbocycles. The Morgan fingerprint density at radius 3 is 2.61 bits per heavy atom. The summed E-state index contributed by atoms with van der Waals surface area (Å²) in [6, 6.07) is 5.92. The maximum Gasteiger partial charge on any atom is 0.418 e. The number of carbonyl (C=O) groups is 1. The van der Waals surface area contributed by atoms with Gasteiger partial charge in [-0.05, 0) is 37.1 Å². The summed E-state index contributed by atoms with van der Waals surface area (Å²) in [5, 5.41) is 15.2. The highest BCUT2D eigenvalue weighted by Gasteiger charge is 2.37. The number of aryl methyl sites for hydroxylation is 1. The predicted octanol–water partition coefficient (Wildman–Crippen LogP) is 4.74. The Hall–Kier alpha value is -4.49.